The number of cyclic esters (lactones) is 1. The molecule has 0 aromatic heterocycles. The summed E-state index contributed by atoms with van der Waals surface area (Å²) >= 11 is 0. The van der Waals surface area contributed by atoms with E-state index in [0.29, 0.717) is 6.42 Å². The van der Waals surface area contributed by atoms with Crippen molar-refractivity contribution in [1.82, 2.24) is 10.4 Å². The van der Waals surface area contributed by atoms with Crippen LogP contribution in [-0.2, 0) is 23.7 Å². The van der Waals surface area contributed by atoms with Gasteiger partial charge in [0, 0.05) is 0 Å². The largest absolute Gasteiger partial charge is 0.443 e. The molecule has 9 nitrogen and oxygen atoms in total. The Morgan fingerprint density at radius 2 is 1.71 bits per heavy atom. The molecule has 2 amide bonds. The summed E-state index contributed by atoms with van der Waals surface area (Å²) in [5.41, 5.74) is 0.718. The molecule has 0 aromatic carbocycles. The van der Waals surface area contributed by atoms with Gasteiger partial charge in [-0.05, 0) is 48.0 Å². The van der Waals surface area contributed by atoms with Crippen molar-refractivity contribution in [2.24, 2.45) is 0 Å². The molecule has 0 saturated carbocycles. The van der Waals surface area contributed by atoms with Crippen LogP contribution in [0, 0.1) is 0 Å². The molecule has 1 rings (SSSR count). The van der Waals surface area contributed by atoms with Crippen LogP contribution in [0.4, 0.5) is 9.59 Å². The van der Waals surface area contributed by atoms with Gasteiger partial charge >= 0.3 is 18.2 Å². The summed E-state index contributed by atoms with van der Waals surface area (Å²) in [6.45, 7) is 12.0. The van der Waals surface area contributed by atoms with Crippen LogP contribution >= 0.6 is 0 Å². The van der Waals surface area contributed by atoms with Crippen molar-refractivity contribution in [2.45, 2.75) is 97.5 Å². The van der Waals surface area contributed by atoms with Crippen LogP contribution in [0.2, 0.25) is 0 Å². The van der Waals surface area contributed by atoms with Crippen molar-refractivity contribution in [3.05, 3.63) is 0 Å². The molecule has 0 aromatic rings. The number of nitrogens with zero attached hydrogens (tertiary/aromatic N) is 1. The van der Waals surface area contributed by atoms with Crippen LogP contribution in [-0.4, -0.2) is 53.3 Å². The molecule has 1 aliphatic rings. The van der Waals surface area contributed by atoms with Crippen molar-refractivity contribution in [3.63, 3.8) is 0 Å². The predicted molar refractivity (Wildman–Crippen MR) is 101 cm³/mol. The first-order valence-electron chi connectivity index (χ1n) is 9.64. The number of nitrogens with one attached hydrogen (secondary N) is 1. The fraction of sp³-hybridized carbons (Fsp3) is 0.842. The molecular weight excluding hydrogens is 368 g/mol. The van der Waals surface area contributed by atoms with Crippen LogP contribution in [0.15, 0.2) is 0 Å². The number of hydrogen-bond acceptors (Lipinski definition) is 7. The van der Waals surface area contributed by atoms with Gasteiger partial charge in [-0.15, -0.1) is 0 Å². The fourth-order valence-electron chi connectivity index (χ4n) is 2.56. The number of rotatable bonds is 5. The Labute approximate surface area is 167 Å². The van der Waals surface area contributed by atoms with Crippen LogP contribution in [0.3, 0.4) is 0 Å². The monoisotopic (exact) mass is 402 g/mol. The van der Waals surface area contributed by atoms with Gasteiger partial charge in [0.2, 0.25) is 0 Å². The first kappa shape index (κ1) is 24.0. The van der Waals surface area contributed by atoms with Gasteiger partial charge in [-0.25, -0.2) is 19.8 Å². The normalized spacial score (nSPS) is 20.2. The Morgan fingerprint density at radius 3 is 2.25 bits per heavy atom. The zero-order valence-electron chi connectivity index (χ0n) is 18.0. The zero-order chi connectivity index (χ0) is 21.5. The molecule has 1 N–H and O–H groups in total. The smallest absolute Gasteiger partial charge is 0.430 e. The van der Waals surface area contributed by atoms with E-state index in [0.717, 1.165) is 24.3 Å². The van der Waals surface area contributed by atoms with E-state index in [-0.39, 0.29) is 6.79 Å². The van der Waals surface area contributed by atoms with E-state index in [1.165, 1.54) is 0 Å². The Morgan fingerprint density at radius 1 is 1.11 bits per heavy atom. The second-order valence-electron chi connectivity index (χ2n) is 8.69. The lowest BCUT2D eigenvalue weighted by atomic mass is 10.0. The lowest BCUT2D eigenvalue weighted by Crippen LogP contribution is -2.62. The highest BCUT2D eigenvalue weighted by molar-refractivity contribution is 5.84. The Kier molecular flexibility index (Phi) is 8.53. The van der Waals surface area contributed by atoms with Gasteiger partial charge in [-0.1, -0.05) is 26.2 Å². The Bertz CT molecular complexity index is 551. The predicted octanol–water partition coefficient (Wildman–Crippen LogP) is 3.51. The standard InChI is InChI=1S/C19H34N2O7/c1-8-9-10-11-13-14(15(22)26-12-25-13)21(17(24)28-19(5,6)7)20-16(23)27-18(2,3)4/h13-14H,8-12H2,1-7H3,(H,20,23)/t13-,14+/m0/s1. The molecule has 1 heterocycles. The van der Waals surface area contributed by atoms with E-state index in [4.69, 9.17) is 18.9 Å². The summed E-state index contributed by atoms with van der Waals surface area (Å²) in [6.07, 6.45) is 0.870. The van der Waals surface area contributed by atoms with E-state index in [2.05, 4.69) is 12.3 Å². The van der Waals surface area contributed by atoms with Gasteiger partial charge in [-0.2, -0.15) is 5.01 Å². The molecule has 1 fully saturated rings. The highest BCUT2D eigenvalue weighted by Crippen LogP contribution is 2.22. The van der Waals surface area contributed by atoms with Crippen LogP contribution in [0.1, 0.15) is 74.1 Å². The summed E-state index contributed by atoms with van der Waals surface area (Å²) in [5.74, 6) is -0.672. The van der Waals surface area contributed by atoms with E-state index in [1.54, 1.807) is 41.5 Å². The lowest BCUT2D eigenvalue weighted by Gasteiger charge is -2.38. The number of amides is 2. The molecule has 2 atom stereocenters. The number of hydrazine groups is 1. The molecule has 28 heavy (non-hydrogen) atoms. The topological polar surface area (TPSA) is 103 Å². The Hall–Kier alpha value is -2.03. The SMILES string of the molecule is CCCCC[C@@H]1OCOC(=O)[C@@H]1N(NC(=O)OC(C)(C)C)C(=O)OC(C)(C)C. The number of carbonyl (C=O) groups is 3. The van der Waals surface area contributed by atoms with E-state index in [9.17, 15) is 14.4 Å². The molecule has 0 unspecified atom stereocenters. The number of carbonyl (C=O) groups excluding carboxylic acids is 3. The summed E-state index contributed by atoms with van der Waals surface area (Å²) in [4.78, 5) is 37.5. The zero-order valence-corrected chi connectivity index (χ0v) is 18.0. The van der Waals surface area contributed by atoms with Gasteiger partial charge < -0.3 is 18.9 Å². The van der Waals surface area contributed by atoms with Crippen molar-refractivity contribution in [2.75, 3.05) is 6.79 Å². The highest BCUT2D eigenvalue weighted by Gasteiger charge is 2.44. The van der Waals surface area contributed by atoms with Crippen molar-refractivity contribution in [1.29, 1.82) is 0 Å². The second-order valence-corrected chi connectivity index (χ2v) is 8.69. The molecule has 1 aliphatic heterocycles. The van der Waals surface area contributed by atoms with Crippen LogP contribution < -0.4 is 5.43 Å². The summed E-state index contributed by atoms with van der Waals surface area (Å²) < 4.78 is 21.1. The number of ether oxygens (including phenoxy) is 4. The number of esters is 1. The third-order valence-electron chi connectivity index (χ3n) is 3.65. The van der Waals surface area contributed by atoms with E-state index >= 15 is 0 Å². The first-order chi connectivity index (χ1) is 12.8. The first-order valence-corrected chi connectivity index (χ1v) is 9.64. The molecule has 0 spiro atoms. The molecular formula is C19H34N2O7. The van der Waals surface area contributed by atoms with Gasteiger partial charge in [0.15, 0.2) is 12.8 Å². The maximum absolute atomic E-state index is 12.8. The van der Waals surface area contributed by atoms with Gasteiger partial charge in [0.25, 0.3) is 0 Å². The average Bonchev–Trinajstić information content (AvgIpc) is 2.50. The van der Waals surface area contributed by atoms with Gasteiger partial charge in [0.1, 0.15) is 11.2 Å². The molecule has 0 bridgehead atoms. The third-order valence-corrected chi connectivity index (χ3v) is 3.65. The highest BCUT2D eigenvalue weighted by atomic mass is 16.7. The van der Waals surface area contributed by atoms with E-state index < -0.39 is 41.5 Å². The summed E-state index contributed by atoms with van der Waals surface area (Å²) in [7, 11) is 0. The van der Waals surface area contributed by atoms with Crippen LogP contribution in [0.5, 0.6) is 0 Å². The maximum Gasteiger partial charge on any atom is 0.430 e. The van der Waals surface area contributed by atoms with Crippen molar-refractivity contribution >= 4 is 18.2 Å². The Balaban J connectivity index is 3.08. The van der Waals surface area contributed by atoms with E-state index in [1.807, 2.05) is 0 Å². The quantitative estimate of drug-likeness (QED) is 0.325. The summed E-state index contributed by atoms with van der Waals surface area (Å²) in [6, 6.07) is -1.17. The average molecular weight is 402 g/mol. The molecule has 0 aliphatic carbocycles. The molecule has 1 saturated heterocycles. The van der Waals surface area contributed by atoms with Crippen molar-refractivity contribution < 1.29 is 33.3 Å². The minimum Gasteiger partial charge on any atom is -0.443 e. The van der Waals surface area contributed by atoms with Gasteiger partial charge in [-0.3, -0.25) is 0 Å². The lowest BCUT2D eigenvalue weighted by molar-refractivity contribution is -0.199. The summed E-state index contributed by atoms with van der Waals surface area (Å²) in [5, 5.41) is 0.817. The minimum atomic E-state index is -1.17. The van der Waals surface area contributed by atoms with Crippen molar-refractivity contribution in [3.8, 4) is 0 Å². The molecule has 0 radical (unpaired) electrons. The van der Waals surface area contributed by atoms with Gasteiger partial charge in [0.05, 0.1) is 6.10 Å². The maximum atomic E-state index is 12.8. The number of unbranched alkanes of at least 4 members (excludes halogenated alkanes) is 2. The second kappa shape index (κ2) is 9.95. The fourth-order valence-corrected chi connectivity index (χ4v) is 2.56. The molecule has 9 heteroatoms. The van der Waals surface area contributed by atoms with Crippen LogP contribution in [0.25, 0.3) is 0 Å². The number of hydrogen-bond donors (Lipinski definition) is 1. The molecule has 162 valence electrons. The minimum absolute atomic E-state index is 0.194. The third kappa shape index (κ3) is 8.33.